The lowest BCUT2D eigenvalue weighted by molar-refractivity contribution is 0.0919. The lowest BCUT2D eigenvalue weighted by atomic mass is 9.76. The zero-order valence-electron chi connectivity index (χ0n) is 12.1. The largest absolute Gasteiger partial charge is 0.373 e. The molecule has 110 valence electrons. The molecule has 1 aromatic rings. The van der Waals surface area contributed by atoms with Crippen LogP contribution < -0.4 is 10.6 Å². The summed E-state index contributed by atoms with van der Waals surface area (Å²) < 4.78 is 0. The van der Waals surface area contributed by atoms with Gasteiger partial charge in [-0.15, -0.1) is 0 Å². The van der Waals surface area contributed by atoms with E-state index in [9.17, 15) is 4.79 Å². The van der Waals surface area contributed by atoms with Crippen LogP contribution in [0.3, 0.4) is 0 Å². The molecular weight excluding hydrogens is 274 g/mol. The zero-order chi connectivity index (χ0) is 14.6. The molecular formula is C15H22ClN3O. The highest BCUT2D eigenvalue weighted by Gasteiger charge is 2.27. The fraction of sp³-hybridized carbons (Fsp3) is 0.600. The number of halogens is 1. The van der Waals surface area contributed by atoms with E-state index in [2.05, 4.69) is 22.5 Å². The maximum Gasteiger partial charge on any atom is 0.251 e. The maximum atomic E-state index is 12.2. The Bertz CT molecular complexity index is 484. The SMILES string of the molecule is CNc1cc(C(=O)NCC2(C)CCCCC2)cc(Cl)n1. The summed E-state index contributed by atoms with van der Waals surface area (Å²) in [6, 6.07) is 3.31. The number of rotatable bonds is 4. The van der Waals surface area contributed by atoms with Crippen molar-refractivity contribution in [2.24, 2.45) is 5.41 Å². The minimum absolute atomic E-state index is 0.0856. The van der Waals surface area contributed by atoms with Gasteiger partial charge in [0, 0.05) is 19.2 Å². The summed E-state index contributed by atoms with van der Waals surface area (Å²) in [4.78, 5) is 16.3. The Balaban J connectivity index is 1.99. The predicted molar refractivity (Wildman–Crippen MR) is 82.3 cm³/mol. The predicted octanol–water partition coefficient (Wildman–Crippen LogP) is 3.48. The van der Waals surface area contributed by atoms with E-state index in [1.807, 2.05) is 0 Å². The minimum atomic E-state index is -0.0856. The van der Waals surface area contributed by atoms with Gasteiger partial charge in [0.15, 0.2) is 0 Å². The molecule has 4 nitrogen and oxygen atoms in total. The first-order valence-corrected chi connectivity index (χ1v) is 7.54. The number of aromatic nitrogens is 1. The monoisotopic (exact) mass is 295 g/mol. The van der Waals surface area contributed by atoms with E-state index >= 15 is 0 Å². The number of pyridine rings is 1. The lowest BCUT2D eigenvalue weighted by Crippen LogP contribution is -2.37. The summed E-state index contributed by atoms with van der Waals surface area (Å²) in [6.07, 6.45) is 6.21. The van der Waals surface area contributed by atoms with E-state index in [0.29, 0.717) is 16.5 Å². The maximum absolute atomic E-state index is 12.2. The van der Waals surface area contributed by atoms with Crippen molar-refractivity contribution in [3.8, 4) is 0 Å². The second kappa shape index (κ2) is 6.44. The lowest BCUT2D eigenvalue weighted by Gasteiger charge is -2.33. The first kappa shape index (κ1) is 15.1. The molecule has 5 heteroatoms. The Morgan fingerprint density at radius 1 is 1.35 bits per heavy atom. The van der Waals surface area contributed by atoms with Crippen LogP contribution in [0.2, 0.25) is 5.15 Å². The molecule has 1 heterocycles. The second-order valence-electron chi connectivity index (χ2n) is 5.87. The number of nitrogens with one attached hydrogen (secondary N) is 2. The molecule has 0 unspecified atom stereocenters. The van der Waals surface area contributed by atoms with E-state index in [1.54, 1.807) is 19.2 Å². The van der Waals surface area contributed by atoms with Gasteiger partial charge in [-0.1, -0.05) is 37.8 Å². The highest BCUT2D eigenvalue weighted by molar-refractivity contribution is 6.29. The number of amides is 1. The highest BCUT2D eigenvalue weighted by Crippen LogP contribution is 2.35. The number of carbonyl (C=O) groups is 1. The molecule has 0 aliphatic heterocycles. The van der Waals surface area contributed by atoms with Crippen molar-refractivity contribution in [1.29, 1.82) is 0 Å². The molecule has 1 aliphatic carbocycles. The topological polar surface area (TPSA) is 54.0 Å². The second-order valence-corrected chi connectivity index (χ2v) is 6.26. The van der Waals surface area contributed by atoms with E-state index in [-0.39, 0.29) is 11.3 Å². The molecule has 20 heavy (non-hydrogen) atoms. The Labute approximate surface area is 125 Å². The third kappa shape index (κ3) is 3.85. The molecule has 1 aliphatic rings. The molecule has 2 N–H and O–H groups in total. The van der Waals surface area contributed by atoms with Crippen LogP contribution in [0.1, 0.15) is 49.4 Å². The highest BCUT2D eigenvalue weighted by atomic mass is 35.5. The molecule has 0 saturated heterocycles. The van der Waals surface area contributed by atoms with Gasteiger partial charge >= 0.3 is 0 Å². The average Bonchev–Trinajstić information content (AvgIpc) is 2.45. The summed E-state index contributed by atoms with van der Waals surface area (Å²) in [6.45, 7) is 2.98. The van der Waals surface area contributed by atoms with E-state index in [1.165, 1.54) is 32.1 Å². The average molecular weight is 296 g/mol. The molecule has 1 aromatic heterocycles. The van der Waals surface area contributed by atoms with E-state index < -0.39 is 0 Å². The standard InChI is InChI=1S/C15H22ClN3O/c1-15(6-4-3-5-7-15)10-18-14(20)11-8-12(16)19-13(9-11)17-2/h8-9H,3-7,10H2,1-2H3,(H,17,19)(H,18,20). The van der Waals surface area contributed by atoms with Crippen molar-refractivity contribution in [3.63, 3.8) is 0 Å². The van der Waals surface area contributed by atoms with Crippen LogP contribution in [-0.4, -0.2) is 24.5 Å². The fourth-order valence-corrected chi connectivity index (χ4v) is 2.94. The van der Waals surface area contributed by atoms with E-state index in [0.717, 1.165) is 6.54 Å². The fourth-order valence-electron chi connectivity index (χ4n) is 2.73. The van der Waals surface area contributed by atoms with Gasteiger partial charge in [-0.3, -0.25) is 4.79 Å². The molecule has 0 aromatic carbocycles. The third-order valence-corrected chi connectivity index (χ3v) is 4.24. The van der Waals surface area contributed by atoms with Crippen molar-refractivity contribution >= 4 is 23.3 Å². The van der Waals surface area contributed by atoms with Crippen LogP contribution in [0.25, 0.3) is 0 Å². The summed E-state index contributed by atoms with van der Waals surface area (Å²) in [5.41, 5.74) is 0.782. The summed E-state index contributed by atoms with van der Waals surface area (Å²) in [7, 11) is 1.75. The first-order valence-electron chi connectivity index (χ1n) is 7.16. The van der Waals surface area contributed by atoms with Crippen molar-refractivity contribution in [2.45, 2.75) is 39.0 Å². The van der Waals surface area contributed by atoms with Gasteiger partial charge in [0.25, 0.3) is 5.91 Å². The Morgan fingerprint density at radius 2 is 2.05 bits per heavy atom. The van der Waals surface area contributed by atoms with Crippen molar-refractivity contribution in [2.75, 3.05) is 18.9 Å². The molecule has 1 fully saturated rings. The third-order valence-electron chi connectivity index (χ3n) is 4.05. The molecule has 1 amide bonds. The number of hydrogen-bond donors (Lipinski definition) is 2. The summed E-state index contributed by atoms with van der Waals surface area (Å²) in [5, 5.41) is 6.26. The van der Waals surface area contributed by atoms with Crippen molar-refractivity contribution < 1.29 is 4.79 Å². The first-order chi connectivity index (χ1) is 9.52. The Morgan fingerprint density at radius 3 is 2.70 bits per heavy atom. The van der Waals surface area contributed by atoms with Crippen LogP contribution in [0.4, 0.5) is 5.82 Å². The number of hydrogen-bond acceptors (Lipinski definition) is 3. The quantitative estimate of drug-likeness (QED) is 0.836. The van der Waals surface area contributed by atoms with Crippen LogP contribution in [0.15, 0.2) is 12.1 Å². The van der Waals surface area contributed by atoms with E-state index in [4.69, 9.17) is 11.6 Å². The van der Waals surface area contributed by atoms with Gasteiger partial charge < -0.3 is 10.6 Å². The van der Waals surface area contributed by atoms with Gasteiger partial charge in [-0.2, -0.15) is 0 Å². The number of carbonyl (C=O) groups excluding carboxylic acids is 1. The summed E-state index contributed by atoms with van der Waals surface area (Å²) >= 11 is 5.92. The number of anilines is 1. The van der Waals surface area contributed by atoms with Crippen LogP contribution >= 0.6 is 11.6 Å². The van der Waals surface area contributed by atoms with Crippen LogP contribution in [-0.2, 0) is 0 Å². The molecule has 0 radical (unpaired) electrons. The Hall–Kier alpha value is -1.29. The van der Waals surface area contributed by atoms with Gasteiger partial charge in [-0.05, 0) is 30.4 Å². The smallest absolute Gasteiger partial charge is 0.251 e. The van der Waals surface area contributed by atoms with Crippen LogP contribution in [0.5, 0.6) is 0 Å². The normalized spacial score (nSPS) is 17.6. The minimum Gasteiger partial charge on any atom is -0.373 e. The zero-order valence-corrected chi connectivity index (χ0v) is 12.9. The molecule has 1 saturated carbocycles. The Kier molecular flexibility index (Phi) is 4.86. The van der Waals surface area contributed by atoms with Crippen molar-refractivity contribution in [3.05, 3.63) is 22.8 Å². The van der Waals surface area contributed by atoms with Crippen molar-refractivity contribution in [1.82, 2.24) is 10.3 Å². The van der Waals surface area contributed by atoms with Gasteiger partial charge in [-0.25, -0.2) is 4.98 Å². The van der Waals surface area contributed by atoms with Crippen LogP contribution in [0, 0.1) is 5.41 Å². The molecule has 2 rings (SSSR count). The molecule has 0 atom stereocenters. The summed E-state index contributed by atoms with van der Waals surface area (Å²) in [5.74, 6) is 0.518. The number of nitrogens with zero attached hydrogens (tertiary/aromatic N) is 1. The molecule has 0 spiro atoms. The van der Waals surface area contributed by atoms with Gasteiger partial charge in [0.05, 0.1) is 0 Å². The van der Waals surface area contributed by atoms with Gasteiger partial charge in [0.2, 0.25) is 0 Å². The van der Waals surface area contributed by atoms with Gasteiger partial charge in [0.1, 0.15) is 11.0 Å². The molecule has 0 bridgehead atoms.